The van der Waals surface area contributed by atoms with Crippen molar-refractivity contribution in [3.8, 4) is 0 Å². The Balaban J connectivity index is 1.95. The Hall–Kier alpha value is -3.44. The first-order valence-electron chi connectivity index (χ1n) is 8.46. The lowest BCUT2D eigenvalue weighted by Gasteiger charge is -2.04. The highest BCUT2D eigenvalue weighted by Gasteiger charge is 2.13. The van der Waals surface area contributed by atoms with E-state index in [1.165, 1.54) is 47.7 Å². The van der Waals surface area contributed by atoms with Gasteiger partial charge >= 0.3 is 0 Å². The van der Waals surface area contributed by atoms with Crippen LogP contribution in [0.2, 0.25) is 0 Å². The minimum atomic E-state index is -0.509. The first-order chi connectivity index (χ1) is 13.9. The van der Waals surface area contributed by atoms with Crippen LogP contribution in [0, 0.1) is 20.2 Å². The number of carbonyl (C=O) groups excluding carboxylic acids is 1. The van der Waals surface area contributed by atoms with Crippen molar-refractivity contribution in [3.63, 3.8) is 0 Å². The van der Waals surface area contributed by atoms with Crippen LogP contribution in [0.3, 0.4) is 0 Å². The zero-order valence-electron chi connectivity index (χ0n) is 15.3. The van der Waals surface area contributed by atoms with E-state index in [0.717, 1.165) is 5.52 Å². The molecule has 0 unspecified atom stereocenters. The standard InChI is InChI=1S/C18H16N4O6S/c1-28-9-8-20-15-7-6-14(22(26)27)11-16(15)29-18(20)19-17(23)10-12-2-4-13(5-3-12)21(24)25/h2-7,11H,8-10H2,1H3. The lowest BCUT2D eigenvalue weighted by molar-refractivity contribution is -0.385. The molecule has 0 spiro atoms. The number of aromatic nitrogens is 1. The summed E-state index contributed by atoms with van der Waals surface area (Å²) in [6, 6.07) is 10.2. The van der Waals surface area contributed by atoms with Crippen LogP contribution >= 0.6 is 11.3 Å². The summed E-state index contributed by atoms with van der Waals surface area (Å²) in [5.41, 5.74) is 1.23. The van der Waals surface area contributed by atoms with E-state index in [4.69, 9.17) is 4.74 Å². The van der Waals surface area contributed by atoms with Crippen LogP contribution in [-0.4, -0.2) is 34.0 Å². The molecule has 1 heterocycles. The number of carbonyl (C=O) groups is 1. The Morgan fingerprint density at radius 1 is 1.10 bits per heavy atom. The first kappa shape index (κ1) is 20.3. The second-order valence-corrected chi connectivity index (χ2v) is 7.05. The summed E-state index contributed by atoms with van der Waals surface area (Å²) >= 11 is 1.18. The van der Waals surface area contributed by atoms with Gasteiger partial charge in [0.05, 0.1) is 33.1 Å². The largest absolute Gasteiger partial charge is 0.383 e. The molecule has 3 rings (SSSR count). The SMILES string of the molecule is COCCn1c(=NC(=O)Cc2ccc([N+](=O)[O-])cc2)sc2cc([N+](=O)[O-])ccc21. The fourth-order valence-electron chi connectivity index (χ4n) is 2.72. The van der Waals surface area contributed by atoms with E-state index in [1.807, 2.05) is 0 Å². The molecule has 0 N–H and O–H groups in total. The number of nitrogens with zero attached hydrogens (tertiary/aromatic N) is 4. The van der Waals surface area contributed by atoms with E-state index in [1.54, 1.807) is 17.7 Å². The molecule has 3 aromatic rings. The minimum Gasteiger partial charge on any atom is -0.383 e. The van der Waals surface area contributed by atoms with Crippen molar-refractivity contribution in [2.75, 3.05) is 13.7 Å². The van der Waals surface area contributed by atoms with E-state index in [0.29, 0.717) is 28.2 Å². The Morgan fingerprint density at radius 2 is 1.76 bits per heavy atom. The number of non-ortho nitro benzene ring substituents is 2. The third-order valence-electron chi connectivity index (χ3n) is 4.12. The highest BCUT2D eigenvalue weighted by atomic mass is 32.1. The predicted octanol–water partition coefficient (Wildman–Crippen LogP) is 2.84. The smallest absolute Gasteiger partial charge is 0.270 e. The van der Waals surface area contributed by atoms with Gasteiger partial charge in [0.1, 0.15) is 0 Å². The fraction of sp³-hybridized carbons (Fsp3) is 0.222. The van der Waals surface area contributed by atoms with Crippen LogP contribution in [0.5, 0.6) is 0 Å². The molecule has 0 bridgehead atoms. The topological polar surface area (TPSA) is 130 Å². The van der Waals surface area contributed by atoms with Gasteiger partial charge in [-0.15, -0.1) is 0 Å². The van der Waals surface area contributed by atoms with Gasteiger partial charge in [0.25, 0.3) is 17.3 Å². The lowest BCUT2D eigenvalue weighted by atomic mass is 10.1. The number of methoxy groups -OCH3 is 1. The van der Waals surface area contributed by atoms with Gasteiger partial charge in [-0.05, 0) is 11.6 Å². The van der Waals surface area contributed by atoms with Crippen molar-refractivity contribution < 1.29 is 19.4 Å². The molecule has 2 aromatic carbocycles. The van der Waals surface area contributed by atoms with E-state index in [-0.39, 0.29) is 17.8 Å². The molecule has 150 valence electrons. The lowest BCUT2D eigenvalue weighted by Crippen LogP contribution is -2.19. The molecule has 0 aliphatic heterocycles. The highest BCUT2D eigenvalue weighted by molar-refractivity contribution is 7.16. The third-order valence-corrected chi connectivity index (χ3v) is 5.16. The Kier molecular flexibility index (Phi) is 6.10. The monoisotopic (exact) mass is 416 g/mol. The molecule has 0 aliphatic rings. The molecule has 1 amide bonds. The molecule has 0 aliphatic carbocycles. The molecule has 10 nitrogen and oxygen atoms in total. The average molecular weight is 416 g/mol. The summed E-state index contributed by atoms with van der Waals surface area (Å²) < 4.78 is 7.52. The quantitative estimate of drug-likeness (QED) is 0.430. The summed E-state index contributed by atoms with van der Waals surface area (Å²) in [7, 11) is 1.55. The van der Waals surface area contributed by atoms with E-state index in [2.05, 4.69) is 4.99 Å². The molecule has 0 saturated carbocycles. The van der Waals surface area contributed by atoms with Gasteiger partial charge in [-0.2, -0.15) is 4.99 Å². The number of nitro groups is 2. The Labute approximate surface area is 168 Å². The number of ether oxygens (including phenoxy) is 1. The third kappa shape index (κ3) is 4.70. The number of hydrogen-bond acceptors (Lipinski definition) is 7. The molecule has 0 fully saturated rings. The van der Waals surface area contributed by atoms with Gasteiger partial charge in [0, 0.05) is 37.9 Å². The number of thiazole rings is 1. The maximum absolute atomic E-state index is 12.4. The number of hydrogen-bond donors (Lipinski definition) is 0. The number of benzene rings is 2. The maximum atomic E-state index is 12.4. The zero-order chi connectivity index (χ0) is 21.0. The minimum absolute atomic E-state index is 0.0172. The zero-order valence-corrected chi connectivity index (χ0v) is 16.1. The van der Waals surface area contributed by atoms with Crippen LogP contribution in [0.1, 0.15) is 5.56 Å². The molecule has 11 heteroatoms. The van der Waals surface area contributed by atoms with E-state index in [9.17, 15) is 25.0 Å². The summed E-state index contributed by atoms with van der Waals surface area (Å²) in [5, 5.41) is 21.7. The summed E-state index contributed by atoms with van der Waals surface area (Å²) in [5.74, 6) is -0.425. The fourth-order valence-corrected chi connectivity index (χ4v) is 3.82. The van der Waals surface area contributed by atoms with E-state index < -0.39 is 15.8 Å². The Bertz CT molecular complexity index is 1150. The van der Waals surface area contributed by atoms with Crippen LogP contribution in [0.25, 0.3) is 10.2 Å². The van der Waals surface area contributed by atoms with Crippen molar-refractivity contribution in [1.29, 1.82) is 0 Å². The van der Waals surface area contributed by atoms with E-state index >= 15 is 0 Å². The van der Waals surface area contributed by atoms with Crippen LogP contribution < -0.4 is 4.80 Å². The van der Waals surface area contributed by atoms with Gasteiger partial charge in [0.2, 0.25) is 0 Å². The van der Waals surface area contributed by atoms with Gasteiger partial charge in [-0.25, -0.2) is 0 Å². The van der Waals surface area contributed by atoms with Gasteiger partial charge in [-0.1, -0.05) is 23.5 Å². The van der Waals surface area contributed by atoms with Crippen molar-refractivity contribution in [1.82, 2.24) is 4.57 Å². The predicted molar refractivity (Wildman–Crippen MR) is 106 cm³/mol. The number of fused-ring (bicyclic) bond motifs is 1. The normalized spacial score (nSPS) is 11.7. The Morgan fingerprint density at radius 3 is 2.38 bits per heavy atom. The van der Waals surface area contributed by atoms with Gasteiger partial charge < -0.3 is 9.30 Å². The van der Waals surface area contributed by atoms with Crippen molar-refractivity contribution >= 4 is 38.8 Å². The van der Waals surface area contributed by atoms with Crippen molar-refractivity contribution in [2.45, 2.75) is 13.0 Å². The molecule has 1 aromatic heterocycles. The molecular formula is C18H16N4O6S. The summed E-state index contributed by atoms with van der Waals surface area (Å²) in [4.78, 5) is 37.7. The number of rotatable bonds is 7. The molecular weight excluding hydrogens is 400 g/mol. The summed E-state index contributed by atoms with van der Waals surface area (Å²) in [6.07, 6.45) is -0.0172. The second kappa shape index (κ2) is 8.71. The number of nitro benzene ring substituents is 2. The molecule has 0 saturated heterocycles. The van der Waals surface area contributed by atoms with Crippen LogP contribution in [0.15, 0.2) is 47.5 Å². The van der Waals surface area contributed by atoms with Crippen LogP contribution in [-0.2, 0) is 22.5 Å². The van der Waals surface area contributed by atoms with Gasteiger partial charge in [0.15, 0.2) is 4.80 Å². The first-order valence-corrected chi connectivity index (χ1v) is 9.28. The maximum Gasteiger partial charge on any atom is 0.270 e. The van der Waals surface area contributed by atoms with Crippen LogP contribution in [0.4, 0.5) is 11.4 Å². The van der Waals surface area contributed by atoms with Crippen molar-refractivity contribution in [2.24, 2.45) is 4.99 Å². The molecule has 0 atom stereocenters. The molecule has 0 radical (unpaired) electrons. The second-order valence-electron chi connectivity index (χ2n) is 6.04. The average Bonchev–Trinajstić information content (AvgIpc) is 3.02. The van der Waals surface area contributed by atoms with Gasteiger partial charge in [-0.3, -0.25) is 25.0 Å². The molecule has 29 heavy (non-hydrogen) atoms. The summed E-state index contributed by atoms with van der Waals surface area (Å²) in [6.45, 7) is 0.810. The number of amides is 1. The highest BCUT2D eigenvalue weighted by Crippen LogP contribution is 2.23. The van der Waals surface area contributed by atoms with Crippen molar-refractivity contribution in [3.05, 3.63) is 73.1 Å².